The average molecular weight is 312 g/mol. The fourth-order valence-electron chi connectivity index (χ4n) is 1.93. The van der Waals surface area contributed by atoms with E-state index in [-0.39, 0.29) is 12.2 Å². The smallest absolute Gasteiger partial charge is 0.417 e. The maximum absolute atomic E-state index is 12.6. The Morgan fingerprint density at radius 1 is 1.04 bits per heavy atom. The van der Waals surface area contributed by atoms with Crippen LogP contribution in [0.4, 0.5) is 4.79 Å². The highest BCUT2D eigenvalue weighted by atomic mass is 16.6. The normalized spacial score (nSPS) is 10.9. The van der Waals surface area contributed by atoms with Crippen LogP contribution in [0.3, 0.4) is 0 Å². The number of rotatable bonds is 3. The van der Waals surface area contributed by atoms with Gasteiger partial charge in [-0.05, 0) is 38.5 Å². The lowest BCUT2D eigenvalue weighted by atomic mass is 10.2. The molecule has 0 atom stereocenters. The first-order valence-electron chi connectivity index (χ1n) is 7.36. The molecule has 2 aromatic rings. The quantitative estimate of drug-likeness (QED) is 0.868. The lowest BCUT2D eigenvalue weighted by Gasteiger charge is -2.26. The van der Waals surface area contributed by atoms with Gasteiger partial charge in [0.1, 0.15) is 11.3 Å². The number of hydrogen-bond acceptors (Lipinski definition) is 4. The fraction of sp³-hybridized carbons (Fsp3) is 0.278. The SMILES string of the molecule is CC(C)(C)OC(=O)N(Cc1ccccc1)C(=O)c1ccccn1. The molecule has 2 rings (SSSR count). The largest absolute Gasteiger partial charge is 0.443 e. The van der Waals surface area contributed by atoms with E-state index in [1.165, 1.54) is 6.20 Å². The number of benzene rings is 1. The summed E-state index contributed by atoms with van der Waals surface area (Å²) in [5, 5.41) is 0. The molecule has 0 saturated carbocycles. The van der Waals surface area contributed by atoms with Crippen LogP contribution >= 0.6 is 0 Å². The lowest BCUT2D eigenvalue weighted by molar-refractivity contribution is 0.0225. The molecule has 0 bridgehead atoms. The second-order valence-corrected chi connectivity index (χ2v) is 6.07. The molecule has 1 aromatic carbocycles. The van der Waals surface area contributed by atoms with Crippen LogP contribution in [0.1, 0.15) is 36.8 Å². The Bertz CT molecular complexity index is 664. The van der Waals surface area contributed by atoms with Gasteiger partial charge in [0.15, 0.2) is 0 Å². The summed E-state index contributed by atoms with van der Waals surface area (Å²) in [6, 6.07) is 14.3. The van der Waals surface area contributed by atoms with E-state index in [4.69, 9.17) is 4.74 Å². The van der Waals surface area contributed by atoms with Crippen molar-refractivity contribution >= 4 is 12.0 Å². The molecule has 0 aliphatic rings. The Hall–Kier alpha value is -2.69. The Morgan fingerprint density at radius 2 is 1.70 bits per heavy atom. The van der Waals surface area contributed by atoms with Crippen molar-refractivity contribution in [2.24, 2.45) is 0 Å². The van der Waals surface area contributed by atoms with Crippen molar-refractivity contribution in [3.05, 3.63) is 66.0 Å². The first kappa shape index (κ1) is 16.7. The predicted octanol–water partition coefficient (Wildman–Crippen LogP) is 3.66. The van der Waals surface area contributed by atoms with Gasteiger partial charge < -0.3 is 4.74 Å². The monoisotopic (exact) mass is 312 g/mol. The van der Waals surface area contributed by atoms with Gasteiger partial charge in [0.25, 0.3) is 5.91 Å². The molecule has 5 nitrogen and oxygen atoms in total. The zero-order chi connectivity index (χ0) is 16.9. The van der Waals surface area contributed by atoms with Crippen LogP contribution in [0.2, 0.25) is 0 Å². The number of carbonyl (C=O) groups excluding carboxylic acids is 2. The zero-order valence-corrected chi connectivity index (χ0v) is 13.5. The molecule has 23 heavy (non-hydrogen) atoms. The van der Waals surface area contributed by atoms with Gasteiger partial charge in [-0.3, -0.25) is 9.78 Å². The summed E-state index contributed by atoms with van der Waals surface area (Å²) in [5.74, 6) is -0.483. The van der Waals surface area contributed by atoms with Crippen LogP contribution in [0.5, 0.6) is 0 Å². The van der Waals surface area contributed by atoms with Gasteiger partial charge in [-0.15, -0.1) is 0 Å². The fourth-order valence-corrected chi connectivity index (χ4v) is 1.93. The number of hydrogen-bond donors (Lipinski definition) is 0. The van der Waals surface area contributed by atoms with Crippen molar-refractivity contribution in [2.45, 2.75) is 32.9 Å². The zero-order valence-electron chi connectivity index (χ0n) is 13.5. The summed E-state index contributed by atoms with van der Waals surface area (Å²) in [6.07, 6.45) is 0.834. The predicted molar refractivity (Wildman–Crippen MR) is 86.8 cm³/mol. The van der Waals surface area contributed by atoms with E-state index in [2.05, 4.69) is 4.98 Å². The molecule has 0 aliphatic heterocycles. The van der Waals surface area contributed by atoms with Crippen LogP contribution in [0, 0.1) is 0 Å². The van der Waals surface area contributed by atoms with Crippen molar-refractivity contribution in [1.29, 1.82) is 0 Å². The average Bonchev–Trinajstić information content (AvgIpc) is 2.52. The van der Waals surface area contributed by atoms with Crippen LogP contribution in [0.15, 0.2) is 54.7 Å². The van der Waals surface area contributed by atoms with E-state index in [1.54, 1.807) is 39.0 Å². The summed E-state index contributed by atoms with van der Waals surface area (Å²) in [6.45, 7) is 5.41. The van der Waals surface area contributed by atoms with E-state index in [0.717, 1.165) is 10.5 Å². The van der Waals surface area contributed by atoms with Gasteiger partial charge in [-0.25, -0.2) is 9.69 Å². The molecule has 0 N–H and O–H groups in total. The number of nitrogens with zero attached hydrogens (tertiary/aromatic N) is 2. The maximum Gasteiger partial charge on any atom is 0.417 e. The molecule has 5 heteroatoms. The van der Waals surface area contributed by atoms with Crippen molar-refractivity contribution in [3.63, 3.8) is 0 Å². The van der Waals surface area contributed by atoms with Gasteiger partial charge in [0.2, 0.25) is 0 Å². The highest BCUT2D eigenvalue weighted by Gasteiger charge is 2.28. The molecule has 0 aliphatic carbocycles. The van der Waals surface area contributed by atoms with Gasteiger partial charge in [0.05, 0.1) is 6.54 Å². The maximum atomic E-state index is 12.6. The van der Waals surface area contributed by atoms with Crippen LogP contribution in [-0.2, 0) is 11.3 Å². The molecule has 0 fully saturated rings. The minimum atomic E-state index is -0.684. The summed E-state index contributed by atoms with van der Waals surface area (Å²) in [7, 11) is 0. The van der Waals surface area contributed by atoms with Crippen molar-refractivity contribution < 1.29 is 14.3 Å². The van der Waals surface area contributed by atoms with Gasteiger partial charge in [-0.2, -0.15) is 0 Å². The lowest BCUT2D eigenvalue weighted by Crippen LogP contribution is -2.40. The number of carbonyl (C=O) groups is 2. The second kappa shape index (κ2) is 7.05. The molecule has 1 heterocycles. The van der Waals surface area contributed by atoms with E-state index in [0.29, 0.717) is 0 Å². The van der Waals surface area contributed by atoms with E-state index in [1.807, 2.05) is 30.3 Å². The molecular weight excluding hydrogens is 292 g/mol. The summed E-state index contributed by atoms with van der Waals surface area (Å²) < 4.78 is 5.35. The number of pyridine rings is 1. The third kappa shape index (κ3) is 4.92. The molecule has 1 aromatic heterocycles. The van der Waals surface area contributed by atoms with E-state index >= 15 is 0 Å². The summed E-state index contributed by atoms with van der Waals surface area (Å²) >= 11 is 0. The molecule has 0 spiro atoms. The molecule has 120 valence electrons. The Morgan fingerprint density at radius 3 is 2.26 bits per heavy atom. The third-order valence-corrected chi connectivity index (χ3v) is 2.93. The second-order valence-electron chi connectivity index (χ2n) is 6.07. The topological polar surface area (TPSA) is 59.5 Å². The van der Waals surface area contributed by atoms with E-state index in [9.17, 15) is 9.59 Å². The Labute approximate surface area is 135 Å². The number of ether oxygens (including phenoxy) is 1. The van der Waals surface area contributed by atoms with Crippen LogP contribution < -0.4 is 0 Å². The molecule has 0 radical (unpaired) electrons. The van der Waals surface area contributed by atoms with Gasteiger partial charge in [0, 0.05) is 6.20 Å². The van der Waals surface area contributed by atoms with Gasteiger partial charge >= 0.3 is 6.09 Å². The molecule has 0 saturated heterocycles. The highest BCUT2D eigenvalue weighted by Crippen LogP contribution is 2.15. The van der Waals surface area contributed by atoms with Crippen molar-refractivity contribution in [2.75, 3.05) is 0 Å². The van der Waals surface area contributed by atoms with Gasteiger partial charge in [-0.1, -0.05) is 36.4 Å². The first-order chi connectivity index (χ1) is 10.9. The van der Waals surface area contributed by atoms with Crippen LogP contribution in [-0.4, -0.2) is 27.5 Å². The minimum Gasteiger partial charge on any atom is -0.443 e. The Balaban J connectivity index is 2.27. The number of aromatic nitrogens is 1. The highest BCUT2D eigenvalue weighted by molar-refractivity contribution is 6.01. The summed E-state index contributed by atoms with van der Waals surface area (Å²) in [5.41, 5.74) is 0.355. The van der Waals surface area contributed by atoms with Crippen molar-refractivity contribution in [3.8, 4) is 0 Å². The number of amides is 2. The van der Waals surface area contributed by atoms with E-state index < -0.39 is 17.6 Å². The third-order valence-electron chi connectivity index (χ3n) is 2.93. The standard InChI is InChI=1S/C18H20N2O3/c1-18(2,3)23-17(22)20(13-14-9-5-4-6-10-14)16(21)15-11-7-8-12-19-15/h4-12H,13H2,1-3H3. The first-order valence-corrected chi connectivity index (χ1v) is 7.36. The van der Waals surface area contributed by atoms with Crippen LogP contribution in [0.25, 0.3) is 0 Å². The number of imide groups is 1. The molecule has 2 amide bonds. The van der Waals surface area contributed by atoms with Crippen molar-refractivity contribution in [1.82, 2.24) is 9.88 Å². The Kier molecular flexibility index (Phi) is 5.11. The minimum absolute atomic E-state index is 0.130. The molecule has 0 unspecified atom stereocenters. The molecular formula is C18H20N2O3. The summed E-state index contributed by atoms with van der Waals surface area (Å²) in [4.78, 5) is 30.2.